The van der Waals surface area contributed by atoms with E-state index >= 15 is 0 Å². The third-order valence-corrected chi connectivity index (χ3v) is 3.98. The fraction of sp³-hybridized carbons (Fsp3) is 0.588. The Morgan fingerprint density at radius 3 is 2.65 bits per heavy atom. The molecular formula is C17H27ClN4O. The van der Waals surface area contributed by atoms with Crippen LogP contribution < -0.4 is 10.6 Å². The molecule has 2 rings (SSSR count). The molecule has 5 nitrogen and oxygen atoms in total. The van der Waals surface area contributed by atoms with Crippen LogP contribution in [0.2, 0.25) is 5.02 Å². The van der Waals surface area contributed by atoms with E-state index in [0.29, 0.717) is 6.54 Å². The lowest BCUT2D eigenvalue weighted by molar-refractivity contribution is 0.0376. The molecule has 0 spiro atoms. The molecule has 0 atom stereocenters. The standard InChI is InChI=1S/C17H27ClN4O/c1-2-19-17(21-14-15-4-6-16(18)7-5-15)20-8-3-9-22-10-12-23-13-11-22/h4-7H,2-3,8-14H2,1H3,(H2,19,20,21). The highest BCUT2D eigenvalue weighted by Gasteiger charge is 2.09. The van der Waals surface area contributed by atoms with Crippen molar-refractivity contribution in [2.24, 2.45) is 4.99 Å². The van der Waals surface area contributed by atoms with E-state index in [4.69, 9.17) is 16.3 Å². The van der Waals surface area contributed by atoms with Crippen molar-refractivity contribution < 1.29 is 4.74 Å². The van der Waals surface area contributed by atoms with Crippen LogP contribution in [0, 0.1) is 0 Å². The van der Waals surface area contributed by atoms with E-state index in [-0.39, 0.29) is 0 Å². The zero-order valence-corrected chi connectivity index (χ0v) is 14.6. The van der Waals surface area contributed by atoms with Gasteiger partial charge in [0.2, 0.25) is 0 Å². The van der Waals surface area contributed by atoms with Gasteiger partial charge in [0, 0.05) is 31.2 Å². The summed E-state index contributed by atoms with van der Waals surface area (Å²) in [5.74, 6) is 0.865. The van der Waals surface area contributed by atoms with Gasteiger partial charge in [-0.1, -0.05) is 23.7 Å². The fourth-order valence-electron chi connectivity index (χ4n) is 2.44. The van der Waals surface area contributed by atoms with Crippen LogP contribution in [0.15, 0.2) is 29.3 Å². The van der Waals surface area contributed by atoms with Gasteiger partial charge < -0.3 is 15.4 Å². The molecule has 0 saturated carbocycles. The lowest BCUT2D eigenvalue weighted by atomic mass is 10.2. The van der Waals surface area contributed by atoms with E-state index in [1.165, 1.54) is 0 Å². The molecule has 1 saturated heterocycles. The summed E-state index contributed by atoms with van der Waals surface area (Å²) in [6.45, 7) is 9.42. The normalized spacial score (nSPS) is 16.3. The van der Waals surface area contributed by atoms with Crippen LogP contribution in [0.1, 0.15) is 18.9 Å². The SMILES string of the molecule is CCNC(=NCc1ccc(Cl)cc1)NCCCN1CCOCC1. The number of morpholine rings is 1. The summed E-state index contributed by atoms with van der Waals surface area (Å²) >= 11 is 5.90. The van der Waals surface area contributed by atoms with Crippen LogP contribution in [0.4, 0.5) is 0 Å². The molecule has 1 aromatic carbocycles. The highest BCUT2D eigenvalue weighted by Crippen LogP contribution is 2.10. The van der Waals surface area contributed by atoms with E-state index in [1.54, 1.807) is 0 Å². The van der Waals surface area contributed by atoms with Crippen molar-refractivity contribution in [1.29, 1.82) is 0 Å². The van der Waals surface area contributed by atoms with Crippen molar-refractivity contribution in [2.45, 2.75) is 19.9 Å². The maximum Gasteiger partial charge on any atom is 0.191 e. The second-order valence-corrected chi connectivity index (χ2v) is 5.99. The van der Waals surface area contributed by atoms with Crippen LogP contribution in [0.5, 0.6) is 0 Å². The topological polar surface area (TPSA) is 48.9 Å². The molecule has 1 aliphatic heterocycles. The Morgan fingerprint density at radius 2 is 1.96 bits per heavy atom. The number of aliphatic imine (C=N–C) groups is 1. The Balaban J connectivity index is 1.71. The Hall–Kier alpha value is -1.30. The molecule has 128 valence electrons. The smallest absolute Gasteiger partial charge is 0.191 e. The van der Waals surface area contributed by atoms with Gasteiger partial charge in [0.25, 0.3) is 0 Å². The number of rotatable bonds is 7. The number of halogens is 1. The van der Waals surface area contributed by atoms with Gasteiger partial charge in [-0.25, -0.2) is 4.99 Å². The number of guanidine groups is 1. The Kier molecular flexibility index (Phi) is 8.21. The predicted molar refractivity (Wildman–Crippen MR) is 96.1 cm³/mol. The summed E-state index contributed by atoms with van der Waals surface area (Å²) in [6, 6.07) is 7.81. The van der Waals surface area contributed by atoms with Crippen LogP contribution in [-0.2, 0) is 11.3 Å². The van der Waals surface area contributed by atoms with E-state index in [2.05, 4.69) is 27.4 Å². The number of nitrogens with one attached hydrogen (secondary N) is 2. The average molecular weight is 339 g/mol. The first kappa shape index (κ1) is 18.0. The van der Waals surface area contributed by atoms with Crippen molar-refractivity contribution in [3.63, 3.8) is 0 Å². The van der Waals surface area contributed by atoms with E-state index in [9.17, 15) is 0 Å². The first-order valence-electron chi connectivity index (χ1n) is 8.34. The molecule has 23 heavy (non-hydrogen) atoms. The minimum Gasteiger partial charge on any atom is -0.379 e. The van der Waals surface area contributed by atoms with Crippen LogP contribution in [0.3, 0.4) is 0 Å². The van der Waals surface area contributed by atoms with Gasteiger partial charge in [-0.2, -0.15) is 0 Å². The first-order valence-corrected chi connectivity index (χ1v) is 8.72. The van der Waals surface area contributed by atoms with Gasteiger partial charge in [0.1, 0.15) is 0 Å². The third-order valence-electron chi connectivity index (χ3n) is 3.72. The summed E-state index contributed by atoms with van der Waals surface area (Å²) in [7, 11) is 0. The Bertz CT molecular complexity index is 472. The molecule has 0 amide bonds. The summed E-state index contributed by atoms with van der Waals surface area (Å²) in [6.07, 6.45) is 1.10. The van der Waals surface area contributed by atoms with Gasteiger partial charge in [0.05, 0.1) is 19.8 Å². The van der Waals surface area contributed by atoms with Crippen molar-refractivity contribution in [2.75, 3.05) is 45.9 Å². The molecule has 1 aliphatic rings. The number of hydrogen-bond donors (Lipinski definition) is 2. The molecule has 1 fully saturated rings. The number of ether oxygens (including phenoxy) is 1. The summed E-state index contributed by atoms with van der Waals surface area (Å²) in [4.78, 5) is 7.06. The van der Waals surface area contributed by atoms with Gasteiger partial charge in [0.15, 0.2) is 5.96 Å². The Labute approximate surface area is 144 Å². The lowest BCUT2D eigenvalue weighted by Crippen LogP contribution is -2.40. The van der Waals surface area contributed by atoms with Crippen molar-refractivity contribution in [1.82, 2.24) is 15.5 Å². The predicted octanol–water partition coefficient (Wildman–Crippen LogP) is 2.12. The van der Waals surface area contributed by atoms with Gasteiger partial charge in [-0.05, 0) is 37.6 Å². The molecule has 0 aromatic heterocycles. The minimum absolute atomic E-state index is 0.649. The van der Waals surface area contributed by atoms with Crippen LogP contribution >= 0.6 is 11.6 Å². The number of nitrogens with zero attached hydrogens (tertiary/aromatic N) is 2. The molecule has 1 aromatic rings. The maximum absolute atomic E-state index is 5.90. The minimum atomic E-state index is 0.649. The van der Waals surface area contributed by atoms with E-state index in [0.717, 1.165) is 68.9 Å². The quantitative estimate of drug-likeness (QED) is 0.454. The second-order valence-electron chi connectivity index (χ2n) is 5.56. The van der Waals surface area contributed by atoms with E-state index in [1.807, 2.05) is 24.3 Å². The molecule has 0 bridgehead atoms. The molecule has 0 aliphatic carbocycles. The largest absolute Gasteiger partial charge is 0.379 e. The lowest BCUT2D eigenvalue weighted by Gasteiger charge is -2.26. The van der Waals surface area contributed by atoms with Gasteiger partial charge in [-0.15, -0.1) is 0 Å². The molecular weight excluding hydrogens is 312 g/mol. The zero-order chi connectivity index (χ0) is 16.3. The summed E-state index contributed by atoms with van der Waals surface area (Å²) in [5, 5.41) is 7.43. The molecule has 2 N–H and O–H groups in total. The monoisotopic (exact) mass is 338 g/mol. The van der Waals surface area contributed by atoms with Gasteiger partial charge in [-0.3, -0.25) is 4.90 Å². The zero-order valence-electron chi connectivity index (χ0n) is 13.9. The average Bonchev–Trinajstić information content (AvgIpc) is 2.59. The van der Waals surface area contributed by atoms with E-state index < -0.39 is 0 Å². The molecule has 1 heterocycles. The maximum atomic E-state index is 5.90. The number of benzene rings is 1. The van der Waals surface area contributed by atoms with Crippen molar-refractivity contribution in [3.05, 3.63) is 34.9 Å². The third kappa shape index (κ3) is 7.20. The first-order chi connectivity index (χ1) is 11.3. The van der Waals surface area contributed by atoms with Crippen LogP contribution in [0.25, 0.3) is 0 Å². The highest BCUT2D eigenvalue weighted by atomic mass is 35.5. The van der Waals surface area contributed by atoms with Crippen molar-refractivity contribution >= 4 is 17.6 Å². The summed E-state index contributed by atoms with van der Waals surface area (Å²) < 4.78 is 5.36. The summed E-state index contributed by atoms with van der Waals surface area (Å²) in [5.41, 5.74) is 1.15. The van der Waals surface area contributed by atoms with Crippen LogP contribution in [-0.4, -0.2) is 56.8 Å². The highest BCUT2D eigenvalue weighted by molar-refractivity contribution is 6.30. The van der Waals surface area contributed by atoms with Gasteiger partial charge >= 0.3 is 0 Å². The fourth-order valence-corrected chi connectivity index (χ4v) is 2.56. The number of hydrogen-bond acceptors (Lipinski definition) is 3. The molecule has 0 radical (unpaired) electrons. The van der Waals surface area contributed by atoms with Crippen molar-refractivity contribution in [3.8, 4) is 0 Å². The second kappa shape index (κ2) is 10.5. The molecule has 0 unspecified atom stereocenters. The Morgan fingerprint density at radius 1 is 1.22 bits per heavy atom. The molecule has 6 heteroatoms.